The van der Waals surface area contributed by atoms with Crippen molar-refractivity contribution in [3.63, 3.8) is 0 Å². The third kappa shape index (κ3) is 4.93. The van der Waals surface area contributed by atoms with E-state index < -0.39 is 12.0 Å². The van der Waals surface area contributed by atoms with Gasteiger partial charge in [-0.05, 0) is 12.3 Å². The van der Waals surface area contributed by atoms with Crippen LogP contribution in [0.2, 0.25) is 0 Å². The Labute approximate surface area is 111 Å². The van der Waals surface area contributed by atoms with Crippen LogP contribution in [-0.4, -0.2) is 30.3 Å². The van der Waals surface area contributed by atoms with Crippen molar-refractivity contribution in [2.24, 2.45) is 11.7 Å². The van der Waals surface area contributed by atoms with E-state index in [9.17, 15) is 4.79 Å². The Morgan fingerprint density at radius 3 is 2.22 bits per heavy atom. The van der Waals surface area contributed by atoms with Crippen LogP contribution in [0.1, 0.15) is 20.3 Å². The summed E-state index contributed by atoms with van der Waals surface area (Å²) in [6.07, 6.45) is 0.551. The van der Waals surface area contributed by atoms with Crippen LogP contribution in [0.5, 0.6) is 11.5 Å². The van der Waals surface area contributed by atoms with Crippen molar-refractivity contribution in [1.29, 1.82) is 0 Å². The summed E-state index contributed by atoms with van der Waals surface area (Å²) in [5.41, 5.74) is 5.22. The third-order valence-electron chi connectivity index (χ3n) is 2.23. The summed E-state index contributed by atoms with van der Waals surface area (Å²) in [6.45, 7) is 5.26. The molecule has 5 nitrogen and oxygen atoms in total. The summed E-state index contributed by atoms with van der Waals surface area (Å²) in [5, 5.41) is 12.2. The Kier molecular flexibility index (Phi) is 5.94. The highest BCUT2D eigenvalue weighted by Crippen LogP contribution is 2.33. The average Bonchev–Trinajstić information content (AvgIpc) is 2.76. The van der Waals surface area contributed by atoms with Gasteiger partial charge in [-0.3, -0.25) is 4.79 Å². The van der Waals surface area contributed by atoms with Gasteiger partial charge in [-0.15, -0.1) is 11.3 Å². The lowest BCUT2D eigenvalue weighted by molar-refractivity contribution is -0.138. The number of rotatable bonds is 3. The summed E-state index contributed by atoms with van der Waals surface area (Å²) >= 11 is 1.61. The summed E-state index contributed by atoms with van der Waals surface area (Å²) in [6, 6.07) is -0.690. The van der Waals surface area contributed by atoms with Gasteiger partial charge in [-0.2, -0.15) is 0 Å². The zero-order chi connectivity index (χ0) is 13.5. The van der Waals surface area contributed by atoms with Crippen molar-refractivity contribution in [3.05, 3.63) is 10.8 Å². The van der Waals surface area contributed by atoms with Gasteiger partial charge in [-0.1, -0.05) is 13.8 Å². The molecule has 1 aliphatic heterocycles. The van der Waals surface area contributed by atoms with Crippen molar-refractivity contribution in [3.8, 4) is 11.5 Å². The molecule has 0 radical (unpaired) electrons. The summed E-state index contributed by atoms with van der Waals surface area (Å²) in [4.78, 5) is 10.1. The lowest BCUT2D eigenvalue weighted by atomic mass is 10.1. The molecule has 1 aliphatic rings. The largest absolute Gasteiger partial charge is 0.485 e. The fourth-order valence-corrected chi connectivity index (χ4v) is 2.08. The smallest absolute Gasteiger partial charge is 0.320 e. The predicted octanol–water partition coefficient (Wildman–Crippen LogP) is 1.96. The molecule has 0 saturated carbocycles. The number of nitrogens with two attached hydrogens (primary N) is 1. The molecule has 0 spiro atoms. The zero-order valence-electron chi connectivity index (χ0n) is 10.6. The normalized spacial score (nSPS) is 14.7. The van der Waals surface area contributed by atoms with E-state index in [0.29, 0.717) is 25.6 Å². The number of fused-ring (bicyclic) bond motifs is 1. The Morgan fingerprint density at radius 2 is 1.89 bits per heavy atom. The molecule has 2 heterocycles. The van der Waals surface area contributed by atoms with E-state index >= 15 is 0 Å². The minimum Gasteiger partial charge on any atom is -0.485 e. The molecule has 1 atom stereocenters. The molecule has 1 aromatic heterocycles. The number of thiophene rings is 1. The van der Waals surface area contributed by atoms with Crippen LogP contribution in [0.15, 0.2) is 10.8 Å². The highest BCUT2D eigenvalue weighted by Gasteiger charge is 2.12. The maximum absolute atomic E-state index is 10.1. The van der Waals surface area contributed by atoms with Crippen LogP contribution < -0.4 is 15.2 Å². The van der Waals surface area contributed by atoms with Crippen molar-refractivity contribution < 1.29 is 19.4 Å². The monoisotopic (exact) mass is 273 g/mol. The number of aliphatic carboxylic acids is 1. The fourth-order valence-electron chi connectivity index (χ4n) is 1.40. The first-order valence-electron chi connectivity index (χ1n) is 5.81. The minimum atomic E-state index is -0.913. The molecule has 1 aromatic rings. The van der Waals surface area contributed by atoms with Crippen LogP contribution in [0, 0.1) is 5.92 Å². The standard InChI is InChI=1S/C6H13NO2.C6H6O2S/c1-4(2)3-5(7)6(8)9;1-2-8-6-4-9-3-5(6)7-1/h4-5H,3,7H2,1-2H3,(H,8,9);3-4H,1-2H2. The predicted molar refractivity (Wildman–Crippen MR) is 70.4 cm³/mol. The molecular formula is C12H19NO4S. The van der Waals surface area contributed by atoms with Crippen LogP contribution in [0.25, 0.3) is 0 Å². The molecule has 6 heteroatoms. The van der Waals surface area contributed by atoms with Crippen LogP contribution in [0.4, 0.5) is 0 Å². The first kappa shape index (κ1) is 14.8. The third-order valence-corrected chi connectivity index (χ3v) is 2.93. The number of hydrogen-bond donors (Lipinski definition) is 2. The number of carboxylic acids is 1. The van der Waals surface area contributed by atoms with E-state index in [1.54, 1.807) is 11.3 Å². The van der Waals surface area contributed by atoms with Gasteiger partial charge in [0.15, 0.2) is 11.5 Å². The van der Waals surface area contributed by atoms with E-state index in [1.165, 1.54) is 0 Å². The minimum absolute atomic E-state index is 0.357. The summed E-state index contributed by atoms with van der Waals surface area (Å²) < 4.78 is 10.5. The maximum Gasteiger partial charge on any atom is 0.320 e. The van der Waals surface area contributed by atoms with Gasteiger partial charge in [0.1, 0.15) is 19.3 Å². The van der Waals surface area contributed by atoms with Crippen LogP contribution in [-0.2, 0) is 4.79 Å². The average molecular weight is 273 g/mol. The molecule has 3 N–H and O–H groups in total. The maximum atomic E-state index is 10.1. The molecule has 0 aliphatic carbocycles. The first-order chi connectivity index (χ1) is 8.50. The van der Waals surface area contributed by atoms with Gasteiger partial charge in [0, 0.05) is 10.8 Å². The molecule has 1 unspecified atom stereocenters. The molecule has 0 fully saturated rings. The summed E-state index contributed by atoms with van der Waals surface area (Å²) in [7, 11) is 0. The van der Waals surface area contributed by atoms with Gasteiger partial charge in [0.25, 0.3) is 0 Å². The SMILES string of the molecule is CC(C)CC(N)C(=O)O.c1scc2c1OCCO2. The van der Waals surface area contributed by atoms with E-state index in [2.05, 4.69) is 0 Å². The molecule has 102 valence electrons. The van der Waals surface area contributed by atoms with Gasteiger partial charge < -0.3 is 20.3 Å². The molecule has 0 aromatic carbocycles. The molecule has 2 rings (SSSR count). The lowest BCUT2D eigenvalue weighted by Gasteiger charge is -2.13. The van der Waals surface area contributed by atoms with Crippen LogP contribution in [0.3, 0.4) is 0 Å². The van der Waals surface area contributed by atoms with Gasteiger partial charge in [-0.25, -0.2) is 0 Å². The van der Waals surface area contributed by atoms with Crippen molar-refractivity contribution in [1.82, 2.24) is 0 Å². The Bertz CT molecular complexity index is 357. The summed E-state index contributed by atoms with van der Waals surface area (Å²) in [5.74, 6) is 1.23. The van der Waals surface area contributed by atoms with Crippen molar-refractivity contribution in [2.45, 2.75) is 26.3 Å². The molecule has 0 bridgehead atoms. The zero-order valence-corrected chi connectivity index (χ0v) is 11.4. The highest BCUT2D eigenvalue weighted by molar-refractivity contribution is 7.08. The van der Waals surface area contributed by atoms with E-state index in [-0.39, 0.29) is 0 Å². The first-order valence-corrected chi connectivity index (χ1v) is 6.75. The van der Waals surface area contributed by atoms with E-state index in [0.717, 1.165) is 11.5 Å². The number of hydrogen-bond acceptors (Lipinski definition) is 5. The second kappa shape index (κ2) is 7.23. The van der Waals surface area contributed by atoms with Gasteiger partial charge in [0.05, 0.1) is 0 Å². The number of ether oxygens (including phenoxy) is 2. The molecular weight excluding hydrogens is 254 g/mol. The second-order valence-electron chi connectivity index (χ2n) is 4.37. The van der Waals surface area contributed by atoms with E-state index in [1.807, 2.05) is 24.6 Å². The fraction of sp³-hybridized carbons (Fsp3) is 0.583. The molecule has 0 saturated heterocycles. The van der Waals surface area contributed by atoms with E-state index in [4.69, 9.17) is 20.3 Å². The lowest BCUT2D eigenvalue weighted by Crippen LogP contribution is -2.31. The van der Waals surface area contributed by atoms with Crippen molar-refractivity contribution >= 4 is 17.3 Å². The Morgan fingerprint density at radius 1 is 1.39 bits per heavy atom. The molecule has 0 amide bonds. The highest BCUT2D eigenvalue weighted by atomic mass is 32.1. The number of carboxylic acid groups (broad SMARTS) is 1. The Balaban J connectivity index is 0.000000180. The van der Waals surface area contributed by atoms with Crippen molar-refractivity contribution in [2.75, 3.05) is 13.2 Å². The van der Waals surface area contributed by atoms with Gasteiger partial charge in [0.2, 0.25) is 0 Å². The van der Waals surface area contributed by atoms with Gasteiger partial charge >= 0.3 is 5.97 Å². The molecule has 18 heavy (non-hydrogen) atoms. The van der Waals surface area contributed by atoms with Crippen LogP contribution >= 0.6 is 11.3 Å². The second-order valence-corrected chi connectivity index (χ2v) is 5.12. The Hall–Kier alpha value is -1.27. The topological polar surface area (TPSA) is 81.8 Å². The number of carbonyl (C=O) groups is 1. The quantitative estimate of drug-likeness (QED) is 0.879.